The van der Waals surface area contributed by atoms with E-state index in [0.717, 1.165) is 24.4 Å². The van der Waals surface area contributed by atoms with Crippen LogP contribution in [0.4, 0.5) is 0 Å². The molecule has 136 valence electrons. The van der Waals surface area contributed by atoms with Gasteiger partial charge < -0.3 is 19.5 Å². The topological polar surface area (TPSA) is 93.2 Å². The molecular formula is C18H26N4O3. The first-order valence-electron chi connectivity index (χ1n) is 8.83. The van der Waals surface area contributed by atoms with Crippen LogP contribution in [-0.2, 0) is 6.54 Å². The molecule has 1 aliphatic rings. The predicted molar refractivity (Wildman–Crippen MR) is 92.4 cm³/mol. The molecule has 0 aliphatic heterocycles. The van der Waals surface area contributed by atoms with E-state index in [1.807, 2.05) is 19.9 Å². The van der Waals surface area contributed by atoms with Gasteiger partial charge in [0.05, 0.1) is 11.7 Å². The van der Waals surface area contributed by atoms with E-state index >= 15 is 0 Å². The molecule has 2 N–H and O–H groups in total. The zero-order valence-electron chi connectivity index (χ0n) is 15.2. The van der Waals surface area contributed by atoms with Crippen LogP contribution in [0.5, 0.6) is 0 Å². The lowest BCUT2D eigenvalue weighted by Gasteiger charge is -2.15. The van der Waals surface area contributed by atoms with Crippen molar-refractivity contribution in [3.05, 3.63) is 34.7 Å². The minimum Gasteiger partial charge on any atom is -0.393 e. The molecule has 3 rings (SSSR count). The number of aromatic nitrogens is 3. The van der Waals surface area contributed by atoms with Gasteiger partial charge in [0, 0.05) is 36.3 Å². The number of hydrogen-bond acceptors (Lipinski definition) is 5. The maximum absolute atomic E-state index is 12.5. The van der Waals surface area contributed by atoms with Gasteiger partial charge in [-0.1, -0.05) is 5.16 Å². The van der Waals surface area contributed by atoms with Gasteiger partial charge in [0.1, 0.15) is 0 Å². The number of carbonyl (C=O) groups excluding carboxylic acids is 1. The lowest BCUT2D eigenvalue weighted by molar-refractivity contribution is 0.0916. The smallest absolute Gasteiger partial charge is 0.253 e. The average Bonchev–Trinajstić information content (AvgIpc) is 3.23. The number of carbonyl (C=O) groups is 1. The number of aliphatic hydroxyl groups excluding tert-OH is 1. The van der Waals surface area contributed by atoms with Gasteiger partial charge in [0.15, 0.2) is 5.82 Å². The molecular weight excluding hydrogens is 320 g/mol. The zero-order valence-corrected chi connectivity index (χ0v) is 15.2. The monoisotopic (exact) mass is 346 g/mol. The van der Waals surface area contributed by atoms with Crippen LogP contribution in [0.3, 0.4) is 0 Å². The third kappa shape index (κ3) is 3.46. The molecule has 2 aromatic rings. The minimum absolute atomic E-state index is 0.00387. The molecule has 0 unspecified atom stereocenters. The maximum Gasteiger partial charge on any atom is 0.253 e. The largest absolute Gasteiger partial charge is 0.393 e. The van der Waals surface area contributed by atoms with Crippen LogP contribution in [0.25, 0.3) is 0 Å². The highest BCUT2D eigenvalue weighted by Crippen LogP contribution is 2.37. The summed E-state index contributed by atoms with van der Waals surface area (Å²) in [5.74, 6) is 1.15. The van der Waals surface area contributed by atoms with Crippen LogP contribution in [0.2, 0.25) is 0 Å². The van der Waals surface area contributed by atoms with Crippen molar-refractivity contribution in [2.24, 2.45) is 5.92 Å². The Morgan fingerprint density at radius 3 is 2.76 bits per heavy atom. The first-order valence-corrected chi connectivity index (χ1v) is 8.83. The second-order valence-corrected chi connectivity index (χ2v) is 6.91. The summed E-state index contributed by atoms with van der Waals surface area (Å²) >= 11 is 0. The summed E-state index contributed by atoms with van der Waals surface area (Å²) in [6.07, 6.45) is 0.851. The Balaban J connectivity index is 1.61. The first kappa shape index (κ1) is 17.7. The molecule has 25 heavy (non-hydrogen) atoms. The molecule has 1 amide bonds. The Bertz CT molecular complexity index is 764. The molecule has 0 saturated heterocycles. The van der Waals surface area contributed by atoms with Crippen molar-refractivity contribution in [2.75, 3.05) is 6.54 Å². The minimum atomic E-state index is -0.472. The standard InChI is InChI=1S/C18H26N4O3/c1-5-22-10(2)6-15(11(22)3)17(24)19-9-14-7-13(8-16(14)23)18-20-12(4)21-25-18/h6,13-14,16,23H,5,7-9H2,1-4H3,(H,19,24)/t13-,14+,16+/m0/s1. The first-order chi connectivity index (χ1) is 11.9. The van der Waals surface area contributed by atoms with E-state index in [1.54, 1.807) is 6.92 Å². The fourth-order valence-electron chi connectivity index (χ4n) is 3.84. The number of hydrogen-bond donors (Lipinski definition) is 2. The molecule has 0 aromatic carbocycles. The van der Waals surface area contributed by atoms with Crippen LogP contribution in [0, 0.1) is 26.7 Å². The van der Waals surface area contributed by atoms with Crippen molar-refractivity contribution < 1.29 is 14.4 Å². The number of aliphatic hydroxyl groups is 1. The van der Waals surface area contributed by atoms with Crippen LogP contribution in [0.15, 0.2) is 10.6 Å². The molecule has 1 saturated carbocycles. The zero-order chi connectivity index (χ0) is 18.1. The highest BCUT2D eigenvalue weighted by Gasteiger charge is 2.36. The van der Waals surface area contributed by atoms with E-state index in [4.69, 9.17) is 4.52 Å². The Labute approximate surface area is 147 Å². The van der Waals surface area contributed by atoms with Crippen LogP contribution < -0.4 is 5.32 Å². The molecule has 7 nitrogen and oxygen atoms in total. The van der Waals surface area contributed by atoms with Crippen molar-refractivity contribution >= 4 is 5.91 Å². The molecule has 0 bridgehead atoms. The van der Waals surface area contributed by atoms with Gasteiger partial charge in [-0.25, -0.2) is 0 Å². The van der Waals surface area contributed by atoms with E-state index in [9.17, 15) is 9.90 Å². The molecule has 2 aromatic heterocycles. The summed E-state index contributed by atoms with van der Waals surface area (Å²) in [5, 5.41) is 17.1. The Morgan fingerprint density at radius 2 is 2.16 bits per heavy atom. The van der Waals surface area contributed by atoms with E-state index in [2.05, 4.69) is 26.9 Å². The summed E-state index contributed by atoms with van der Waals surface area (Å²) in [4.78, 5) is 16.8. The van der Waals surface area contributed by atoms with Crippen LogP contribution in [-0.4, -0.2) is 38.4 Å². The van der Waals surface area contributed by atoms with E-state index in [-0.39, 0.29) is 17.7 Å². The predicted octanol–water partition coefficient (Wildman–Crippen LogP) is 2.10. The van der Waals surface area contributed by atoms with E-state index in [0.29, 0.717) is 30.2 Å². The highest BCUT2D eigenvalue weighted by molar-refractivity contribution is 5.95. The van der Waals surface area contributed by atoms with Gasteiger partial charge in [0.25, 0.3) is 5.91 Å². The van der Waals surface area contributed by atoms with Crippen molar-refractivity contribution in [1.82, 2.24) is 20.0 Å². The van der Waals surface area contributed by atoms with Gasteiger partial charge in [-0.15, -0.1) is 0 Å². The fourth-order valence-corrected chi connectivity index (χ4v) is 3.84. The van der Waals surface area contributed by atoms with Gasteiger partial charge in [-0.05, 0) is 46.6 Å². The third-order valence-corrected chi connectivity index (χ3v) is 5.21. The number of amides is 1. The fraction of sp³-hybridized carbons (Fsp3) is 0.611. The molecule has 1 aliphatic carbocycles. The van der Waals surface area contributed by atoms with Crippen molar-refractivity contribution in [2.45, 2.75) is 59.1 Å². The van der Waals surface area contributed by atoms with Crippen LogP contribution >= 0.6 is 0 Å². The van der Waals surface area contributed by atoms with Crippen molar-refractivity contribution in [3.63, 3.8) is 0 Å². The molecule has 0 radical (unpaired) electrons. The Hall–Kier alpha value is -2.15. The lowest BCUT2D eigenvalue weighted by atomic mass is 10.0. The summed E-state index contributed by atoms with van der Waals surface area (Å²) in [7, 11) is 0. The number of nitrogens with zero attached hydrogens (tertiary/aromatic N) is 3. The highest BCUT2D eigenvalue weighted by atomic mass is 16.5. The van der Waals surface area contributed by atoms with Gasteiger partial charge in [-0.2, -0.15) is 4.98 Å². The van der Waals surface area contributed by atoms with E-state index in [1.165, 1.54) is 0 Å². The maximum atomic E-state index is 12.5. The molecule has 2 heterocycles. The van der Waals surface area contributed by atoms with Crippen LogP contribution in [0.1, 0.15) is 59.1 Å². The van der Waals surface area contributed by atoms with Gasteiger partial charge >= 0.3 is 0 Å². The quantitative estimate of drug-likeness (QED) is 0.865. The normalized spacial score (nSPS) is 23.2. The van der Waals surface area contributed by atoms with Crippen molar-refractivity contribution in [1.29, 1.82) is 0 Å². The number of aryl methyl sites for hydroxylation is 2. The number of rotatable bonds is 5. The molecule has 0 spiro atoms. The summed E-state index contributed by atoms with van der Waals surface area (Å²) in [6, 6.07) is 1.92. The second kappa shape index (κ2) is 7.00. The number of nitrogens with one attached hydrogen (secondary N) is 1. The molecule has 1 fully saturated rings. The summed E-state index contributed by atoms with van der Waals surface area (Å²) in [6.45, 7) is 9.10. The molecule has 7 heteroatoms. The van der Waals surface area contributed by atoms with Gasteiger partial charge in [-0.3, -0.25) is 4.79 Å². The average molecular weight is 346 g/mol. The lowest BCUT2D eigenvalue weighted by Crippen LogP contribution is -2.32. The Kier molecular flexibility index (Phi) is 4.94. The van der Waals surface area contributed by atoms with E-state index < -0.39 is 6.10 Å². The summed E-state index contributed by atoms with van der Waals surface area (Å²) < 4.78 is 7.34. The second-order valence-electron chi connectivity index (χ2n) is 6.91. The summed E-state index contributed by atoms with van der Waals surface area (Å²) in [5.41, 5.74) is 2.76. The third-order valence-electron chi connectivity index (χ3n) is 5.21. The SMILES string of the molecule is CCn1c(C)cc(C(=O)NC[C@H]2C[C@H](c3nc(C)no3)C[C@H]2O)c1C. The van der Waals surface area contributed by atoms with Crippen molar-refractivity contribution in [3.8, 4) is 0 Å². The van der Waals surface area contributed by atoms with Gasteiger partial charge in [0.2, 0.25) is 5.89 Å². The molecule has 3 atom stereocenters. The Morgan fingerprint density at radius 1 is 1.40 bits per heavy atom.